The van der Waals surface area contributed by atoms with Crippen LogP contribution in [0.3, 0.4) is 0 Å². The summed E-state index contributed by atoms with van der Waals surface area (Å²) in [5.41, 5.74) is 7.41. The van der Waals surface area contributed by atoms with E-state index in [4.69, 9.17) is 5.73 Å². The maximum absolute atomic E-state index is 11.9. The molecule has 0 saturated carbocycles. The van der Waals surface area contributed by atoms with Gasteiger partial charge in [0.1, 0.15) is 9.84 Å². The number of nitrogens with two attached hydrogens (primary N) is 1. The summed E-state index contributed by atoms with van der Waals surface area (Å²) in [6.07, 6.45) is 1.14. The molecule has 1 aromatic carbocycles. The Morgan fingerprint density at radius 2 is 2.06 bits per heavy atom. The standard InChI is InChI=1S/C12H18N2O3S/c1-8-5-4-6-10(11(8)13)12(15)14-9(2)7-18(3,16)17/h4-6,9H,7,13H2,1-3H3,(H,14,15). The predicted octanol–water partition coefficient (Wildman–Crippen LogP) is 0.740. The van der Waals surface area contributed by atoms with Crippen molar-refractivity contribution in [1.29, 1.82) is 0 Å². The topological polar surface area (TPSA) is 89.3 Å². The number of benzene rings is 1. The Labute approximate surface area is 107 Å². The third kappa shape index (κ3) is 4.03. The molecule has 5 nitrogen and oxygen atoms in total. The highest BCUT2D eigenvalue weighted by atomic mass is 32.2. The molecule has 0 aliphatic carbocycles. The molecule has 18 heavy (non-hydrogen) atoms. The Morgan fingerprint density at radius 3 is 2.61 bits per heavy atom. The van der Waals surface area contributed by atoms with Crippen molar-refractivity contribution in [2.75, 3.05) is 17.7 Å². The van der Waals surface area contributed by atoms with Gasteiger partial charge in [0.2, 0.25) is 0 Å². The van der Waals surface area contributed by atoms with Crippen LogP contribution in [0.4, 0.5) is 5.69 Å². The number of nitrogen functional groups attached to an aromatic ring is 1. The van der Waals surface area contributed by atoms with Gasteiger partial charge in [0.05, 0.1) is 11.3 Å². The van der Waals surface area contributed by atoms with Crippen LogP contribution in [0.5, 0.6) is 0 Å². The van der Waals surface area contributed by atoms with Crippen LogP contribution in [0.15, 0.2) is 18.2 Å². The van der Waals surface area contributed by atoms with Gasteiger partial charge in [-0.2, -0.15) is 0 Å². The second kappa shape index (κ2) is 5.39. The highest BCUT2D eigenvalue weighted by molar-refractivity contribution is 7.90. The molecule has 1 atom stereocenters. The van der Waals surface area contributed by atoms with E-state index in [0.29, 0.717) is 11.3 Å². The maximum atomic E-state index is 11.9. The molecule has 1 rings (SSSR count). The molecule has 0 aliphatic rings. The van der Waals surface area contributed by atoms with Crippen molar-refractivity contribution in [1.82, 2.24) is 5.32 Å². The molecule has 3 N–H and O–H groups in total. The number of sulfone groups is 1. The summed E-state index contributed by atoms with van der Waals surface area (Å²) in [5, 5.41) is 2.62. The highest BCUT2D eigenvalue weighted by Crippen LogP contribution is 2.16. The zero-order valence-electron chi connectivity index (χ0n) is 10.7. The van der Waals surface area contributed by atoms with Gasteiger partial charge in [-0.05, 0) is 25.5 Å². The number of para-hydroxylation sites is 1. The fraction of sp³-hybridized carbons (Fsp3) is 0.417. The van der Waals surface area contributed by atoms with Gasteiger partial charge < -0.3 is 11.1 Å². The Kier molecular flexibility index (Phi) is 4.34. The summed E-state index contributed by atoms with van der Waals surface area (Å²) in [7, 11) is -3.12. The Balaban J connectivity index is 2.80. The van der Waals surface area contributed by atoms with Gasteiger partial charge in [-0.3, -0.25) is 4.79 Å². The first-order valence-corrected chi connectivity index (χ1v) is 7.60. The molecule has 1 aromatic rings. The van der Waals surface area contributed by atoms with Gasteiger partial charge in [-0.1, -0.05) is 12.1 Å². The lowest BCUT2D eigenvalue weighted by Crippen LogP contribution is -2.37. The van der Waals surface area contributed by atoms with E-state index in [1.807, 2.05) is 13.0 Å². The second-order valence-corrected chi connectivity index (χ2v) is 6.69. The molecular weight excluding hydrogens is 252 g/mol. The first-order chi connectivity index (χ1) is 8.20. The van der Waals surface area contributed by atoms with Gasteiger partial charge in [-0.25, -0.2) is 8.42 Å². The third-order valence-electron chi connectivity index (χ3n) is 2.50. The van der Waals surface area contributed by atoms with E-state index in [1.165, 1.54) is 0 Å². The zero-order valence-corrected chi connectivity index (χ0v) is 11.5. The molecule has 0 heterocycles. The number of amides is 1. The number of aryl methyl sites for hydroxylation is 1. The van der Waals surface area contributed by atoms with Crippen LogP contribution < -0.4 is 11.1 Å². The zero-order chi connectivity index (χ0) is 13.9. The van der Waals surface area contributed by atoms with E-state index in [2.05, 4.69) is 5.32 Å². The van der Waals surface area contributed by atoms with E-state index in [9.17, 15) is 13.2 Å². The largest absolute Gasteiger partial charge is 0.398 e. The van der Waals surface area contributed by atoms with Crippen LogP contribution in [0.25, 0.3) is 0 Å². The molecule has 100 valence electrons. The molecular formula is C12H18N2O3S. The summed E-state index contributed by atoms with van der Waals surface area (Å²) >= 11 is 0. The SMILES string of the molecule is Cc1cccc(C(=O)NC(C)CS(C)(=O)=O)c1N. The minimum atomic E-state index is -3.12. The van der Waals surface area contributed by atoms with E-state index < -0.39 is 15.9 Å². The van der Waals surface area contributed by atoms with Crippen LogP contribution in [0.1, 0.15) is 22.8 Å². The van der Waals surface area contributed by atoms with Crippen LogP contribution in [0.2, 0.25) is 0 Å². The molecule has 0 aromatic heterocycles. The van der Waals surface area contributed by atoms with E-state index in [0.717, 1.165) is 11.8 Å². The van der Waals surface area contributed by atoms with E-state index >= 15 is 0 Å². The number of rotatable bonds is 4. The molecule has 1 amide bonds. The van der Waals surface area contributed by atoms with Gasteiger partial charge in [0.15, 0.2) is 0 Å². The normalized spacial score (nSPS) is 13.1. The lowest BCUT2D eigenvalue weighted by molar-refractivity contribution is 0.0944. The van der Waals surface area contributed by atoms with Crippen LogP contribution in [-0.2, 0) is 9.84 Å². The van der Waals surface area contributed by atoms with Crippen LogP contribution in [-0.4, -0.2) is 32.4 Å². The summed E-state index contributed by atoms with van der Waals surface area (Å²) in [6.45, 7) is 3.46. The fourth-order valence-corrected chi connectivity index (χ4v) is 2.67. The van der Waals surface area contributed by atoms with Crippen molar-refractivity contribution in [3.05, 3.63) is 29.3 Å². The monoisotopic (exact) mass is 270 g/mol. The molecule has 0 fully saturated rings. The molecule has 0 radical (unpaired) electrons. The van der Waals surface area contributed by atoms with E-state index in [-0.39, 0.29) is 11.7 Å². The number of hydrogen-bond donors (Lipinski definition) is 2. The summed E-state index contributed by atoms with van der Waals surface area (Å²) in [5.74, 6) is -0.447. The van der Waals surface area contributed by atoms with Crippen molar-refractivity contribution in [2.24, 2.45) is 0 Å². The number of anilines is 1. The lowest BCUT2D eigenvalue weighted by Gasteiger charge is -2.14. The predicted molar refractivity (Wildman–Crippen MR) is 72.2 cm³/mol. The average Bonchev–Trinajstić information content (AvgIpc) is 2.18. The Hall–Kier alpha value is -1.56. The van der Waals surface area contributed by atoms with Crippen molar-refractivity contribution in [2.45, 2.75) is 19.9 Å². The average molecular weight is 270 g/mol. The minimum Gasteiger partial charge on any atom is -0.398 e. The van der Waals surface area contributed by atoms with Crippen molar-refractivity contribution < 1.29 is 13.2 Å². The number of hydrogen-bond acceptors (Lipinski definition) is 4. The molecule has 6 heteroatoms. The third-order valence-corrected chi connectivity index (χ3v) is 3.60. The number of nitrogens with one attached hydrogen (secondary N) is 1. The van der Waals surface area contributed by atoms with Crippen molar-refractivity contribution in [3.8, 4) is 0 Å². The molecule has 0 bridgehead atoms. The Bertz CT molecular complexity index is 552. The molecule has 0 aliphatic heterocycles. The maximum Gasteiger partial charge on any atom is 0.253 e. The highest BCUT2D eigenvalue weighted by Gasteiger charge is 2.16. The van der Waals surface area contributed by atoms with E-state index in [1.54, 1.807) is 19.1 Å². The molecule has 0 spiro atoms. The van der Waals surface area contributed by atoms with Gasteiger partial charge in [0.25, 0.3) is 5.91 Å². The van der Waals surface area contributed by atoms with Gasteiger partial charge in [0, 0.05) is 18.0 Å². The number of carbonyl (C=O) groups is 1. The summed E-state index contributed by atoms with van der Waals surface area (Å²) in [6, 6.07) is 4.71. The second-order valence-electron chi connectivity index (χ2n) is 4.50. The van der Waals surface area contributed by atoms with Crippen LogP contribution in [0, 0.1) is 6.92 Å². The van der Waals surface area contributed by atoms with Crippen molar-refractivity contribution in [3.63, 3.8) is 0 Å². The van der Waals surface area contributed by atoms with Gasteiger partial charge in [-0.15, -0.1) is 0 Å². The molecule has 1 unspecified atom stereocenters. The first-order valence-electron chi connectivity index (χ1n) is 5.54. The van der Waals surface area contributed by atoms with Crippen molar-refractivity contribution >= 4 is 21.4 Å². The van der Waals surface area contributed by atoms with Gasteiger partial charge >= 0.3 is 0 Å². The Morgan fingerprint density at radius 1 is 1.44 bits per heavy atom. The molecule has 0 saturated heterocycles. The summed E-state index contributed by atoms with van der Waals surface area (Å²) in [4.78, 5) is 11.9. The summed E-state index contributed by atoms with van der Waals surface area (Å²) < 4.78 is 22.2. The number of carbonyl (C=O) groups excluding carboxylic acids is 1. The lowest BCUT2D eigenvalue weighted by atomic mass is 10.1. The fourth-order valence-electron chi connectivity index (χ4n) is 1.68. The van der Waals surface area contributed by atoms with Crippen LogP contribution >= 0.6 is 0 Å². The smallest absolute Gasteiger partial charge is 0.253 e. The minimum absolute atomic E-state index is 0.0928. The first kappa shape index (κ1) is 14.5. The quantitative estimate of drug-likeness (QED) is 0.790.